The highest BCUT2D eigenvalue weighted by Gasteiger charge is 2.38. The molecule has 1 unspecified atom stereocenters. The van der Waals surface area contributed by atoms with Crippen LogP contribution in [0.25, 0.3) is 0 Å². The summed E-state index contributed by atoms with van der Waals surface area (Å²) in [6.07, 6.45) is 2.83. The standard InChI is InChI=1S/C17H23N3O2/c1-13-7-9-19(10-8-13)12-20-16(21)15(18-17(20)22)11-14-5-3-2-4-6-14/h2-6,13,15H,7-12H2,1H3,(H,18,22). The number of carbonyl (C=O) groups excluding carboxylic acids is 2. The lowest BCUT2D eigenvalue weighted by Gasteiger charge is -2.32. The molecule has 118 valence electrons. The molecule has 2 saturated heterocycles. The van der Waals surface area contributed by atoms with Gasteiger partial charge < -0.3 is 5.32 Å². The summed E-state index contributed by atoms with van der Waals surface area (Å²) < 4.78 is 0. The third kappa shape index (κ3) is 3.30. The number of amides is 3. The molecule has 3 amide bonds. The molecule has 2 heterocycles. The first-order valence-electron chi connectivity index (χ1n) is 8.01. The van der Waals surface area contributed by atoms with Gasteiger partial charge in [0.15, 0.2) is 0 Å². The molecule has 0 saturated carbocycles. The average Bonchev–Trinajstić information content (AvgIpc) is 2.78. The van der Waals surface area contributed by atoms with Crippen LogP contribution in [0.5, 0.6) is 0 Å². The van der Waals surface area contributed by atoms with Crippen LogP contribution in [-0.2, 0) is 11.2 Å². The molecule has 0 spiro atoms. The van der Waals surface area contributed by atoms with E-state index in [0.29, 0.717) is 13.1 Å². The summed E-state index contributed by atoms with van der Waals surface area (Å²) in [6.45, 7) is 4.59. The molecule has 22 heavy (non-hydrogen) atoms. The zero-order chi connectivity index (χ0) is 15.5. The quantitative estimate of drug-likeness (QED) is 0.863. The summed E-state index contributed by atoms with van der Waals surface area (Å²) in [5, 5.41) is 2.81. The maximum atomic E-state index is 12.5. The van der Waals surface area contributed by atoms with Gasteiger partial charge in [0.05, 0.1) is 6.67 Å². The summed E-state index contributed by atoms with van der Waals surface area (Å²) in [7, 11) is 0. The largest absolute Gasteiger partial charge is 0.325 e. The molecule has 2 fully saturated rings. The van der Waals surface area contributed by atoms with Crippen LogP contribution < -0.4 is 5.32 Å². The van der Waals surface area contributed by atoms with Crippen LogP contribution in [0.4, 0.5) is 4.79 Å². The first-order chi connectivity index (χ1) is 10.6. The van der Waals surface area contributed by atoms with Crippen molar-refractivity contribution in [2.24, 2.45) is 5.92 Å². The van der Waals surface area contributed by atoms with Gasteiger partial charge in [-0.05, 0) is 24.3 Å². The Balaban J connectivity index is 1.59. The van der Waals surface area contributed by atoms with Crippen LogP contribution in [0.1, 0.15) is 25.3 Å². The van der Waals surface area contributed by atoms with Gasteiger partial charge in [-0.2, -0.15) is 0 Å². The van der Waals surface area contributed by atoms with Crippen LogP contribution in [0.3, 0.4) is 0 Å². The Bertz CT molecular complexity index is 538. The van der Waals surface area contributed by atoms with Gasteiger partial charge in [0.25, 0.3) is 5.91 Å². The smallest absolute Gasteiger partial charge is 0.325 e. The number of imide groups is 1. The lowest BCUT2D eigenvalue weighted by atomic mass is 10.00. The highest BCUT2D eigenvalue weighted by molar-refractivity contribution is 6.04. The van der Waals surface area contributed by atoms with E-state index in [9.17, 15) is 9.59 Å². The second-order valence-corrected chi connectivity index (χ2v) is 6.40. The number of piperidine rings is 1. The lowest BCUT2D eigenvalue weighted by Crippen LogP contribution is -2.45. The summed E-state index contributed by atoms with van der Waals surface area (Å²) in [5.74, 6) is 0.637. The minimum absolute atomic E-state index is 0.104. The van der Waals surface area contributed by atoms with Gasteiger partial charge in [0, 0.05) is 19.5 Å². The molecule has 0 radical (unpaired) electrons. The number of hydrogen-bond donors (Lipinski definition) is 1. The second kappa shape index (κ2) is 6.48. The van der Waals surface area contributed by atoms with Crippen molar-refractivity contribution in [2.45, 2.75) is 32.2 Å². The maximum absolute atomic E-state index is 12.5. The first kappa shape index (κ1) is 15.0. The zero-order valence-electron chi connectivity index (χ0n) is 13.0. The Morgan fingerprint density at radius 3 is 2.50 bits per heavy atom. The normalized spacial score (nSPS) is 23.9. The van der Waals surface area contributed by atoms with E-state index in [1.54, 1.807) is 0 Å². The van der Waals surface area contributed by atoms with E-state index in [-0.39, 0.29) is 11.9 Å². The second-order valence-electron chi connectivity index (χ2n) is 6.40. The molecule has 0 aliphatic carbocycles. The monoisotopic (exact) mass is 301 g/mol. The van der Waals surface area contributed by atoms with Crippen molar-refractivity contribution in [1.82, 2.24) is 15.1 Å². The molecule has 3 rings (SSSR count). The van der Waals surface area contributed by atoms with Crippen molar-refractivity contribution >= 4 is 11.9 Å². The topological polar surface area (TPSA) is 52.6 Å². The van der Waals surface area contributed by atoms with Gasteiger partial charge in [0.1, 0.15) is 6.04 Å². The molecular weight excluding hydrogens is 278 g/mol. The molecule has 2 aliphatic heterocycles. The van der Waals surface area contributed by atoms with Crippen LogP contribution in [0, 0.1) is 5.92 Å². The van der Waals surface area contributed by atoms with Crippen molar-refractivity contribution in [3.63, 3.8) is 0 Å². The third-order valence-electron chi connectivity index (χ3n) is 4.61. The molecule has 0 aromatic heterocycles. The zero-order valence-corrected chi connectivity index (χ0v) is 13.0. The molecular formula is C17H23N3O2. The summed E-state index contributed by atoms with van der Waals surface area (Å²) in [4.78, 5) is 28.1. The van der Waals surface area contributed by atoms with E-state index in [1.165, 1.54) is 4.90 Å². The number of urea groups is 1. The Morgan fingerprint density at radius 1 is 1.14 bits per heavy atom. The van der Waals surface area contributed by atoms with E-state index in [0.717, 1.165) is 37.4 Å². The minimum Gasteiger partial charge on any atom is -0.325 e. The molecule has 5 heteroatoms. The molecule has 0 bridgehead atoms. The van der Waals surface area contributed by atoms with Gasteiger partial charge in [-0.15, -0.1) is 0 Å². The maximum Gasteiger partial charge on any atom is 0.325 e. The van der Waals surface area contributed by atoms with Crippen LogP contribution >= 0.6 is 0 Å². The van der Waals surface area contributed by atoms with Gasteiger partial charge in [-0.25, -0.2) is 9.69 Å². The number of hydrogen-bond acceptors (Lipinski definition) is 3. The van der Waals surface area contributed by atoms with E-state index in [1.807, 2.05) is 30.3 Å². The van der Waals surface area contributed by atoms with E-state index >= 15 is 0 Å². The highest BCUT2D eigenvalue weighted by Crippen LogP contribution is 2.18. The summed E-state index contributed by atoms with van der Waals surface area (Å²) in [6, 6.07) is 9.11. The van der Waals surface area contributed by atoms with Crippen molar-refractivity contribution < 1.29 is 9.59 Å². The van der Waals surface area contributed by atoms with Crippen molar-refractivity contribution in [1.29, 1.82) is 0 Å². The number of rotatable bonds is 4. The van der Waals surface area contributed by atoms with E-state index in [4.69, 9.17) is 0 Å². The fourth-order valence-electron chi connectivity index (χ4n) is 3.10. The first-order valence-corrected chi connectivity index (χ1v) is 8.01. The fourth-order valence-corrected chi connectivity index (χ4v) is 3.10. The van der Waals surface area contributed by atoms with Crippen molar-refractivity contribution in [3.8, 4) is 0 Å². The predicted octanol–water partition coefficient (Wildman–Crippen LogP) is 1.84. The number of nitrogens with one attached hydrogen (secondary N) is 1. The Morgan fingerprint density at radius 2 is 1.82 bits per heavy atom. The summed E-state index contributed by atoms with van der Waals surface area (Å²) in [5.41, 5.74) is 1.06. The molecule has 1 N–H and O–H groups in total. The summed E-state index contributed by atoms with van der Waals surface area (Å²) >= 11 is 0. The molecule has 1 atom stereocenters. The van der Waals surface area contributed by atoms with Crippen LogP contribution in [0.15, 0.2) is 30.3 Å². The molecule has 2 aliphatic rings. The molecule has 1 aromatic rings. The Labute approximate surface area is 131 Å². The van der Waals surface area contributed by atoms with Crippen molar-refractivity contribution in [3.05, 3.63) is 35.9 Å². The van der Waals surface area contributed by atoms with E-state index < -0.39 is 6.04 Å². The Hall–Kier alpha value is -1.88. The minimum atomic E-state index is -0.432. The van der Waals surface area contributed by atoms with Gasteiger partial charge >= 0.3 is 6.03 Å². The van der Waals surface area contributed by atoms with Crippen molar-refractivity contribution in [2.75, 3.05) is 19.8 Å². The number of likely N-dealkylation sites (tertiary alicyclic amines) is 1. The van der Waals surface area contributed by atoms with E-state index in [2.05, 4.69) is 17.1 Å². The van der Waals surface area contributed by atoms with Gasteiger partial charge in [0.2, 0.25) is 0 Å². The number of carbonyl (C=O) groups is 2. The molecule has 5 nitrogen and oxygen atoms in total. The van der Waals surface area contributed by atoms with Gasteiger partial charge in [-0.3, -0.25) is 9.69 Å². The SMILES string of the molecule is CC1CCN(CN2C(=O)NC(Cc3ccccc3)C2=O)CC1. The average molecular weight is 301 g/mol. The van der Waals surface area contributed by atoms with Crippen LogP contribution in [0.2, 0.25) is 0 Å². The Kier molecular flexibility index (Phi) is 4.43. The fraction of sp³-hybridized carbons (Fsp3) is 0.529. The predicted molar refractivity (Wildman–Crippen MR) is 84.1 cm³/mol. The third-order valence-corrected chi connectivity index (χ3v) is 4.61. The molecule has 1 aromatic carbocycles. The highest BCUT2D eigenvalue weighted by atomic mass is 16.2. The number of benzene rings is 1. The number of nitrogens with zero attached hydrogens (tertiary/aromatic N) is 2. The van der Waals surface area contributed by atoms with Crippen LogP contribution in [-0.4, -0.2) is 47.5 Å². The lowest BCUT2D eigenvalue weighted by molar-refractivity contribution is -0.129. The van der Waals surface area contributed by atoms with Gasteiger partial charge in [-0.1, -0.05) is 37.3 Å².